The van der Waals surface area contributed by atoms with E-state index in [9.17, 15) is 14.4 Å². The Bertz CT molecular complexity index is 1150. The number of carbonyl (C=O) groups is 3. The molecule has 0 aliphatic rings. The Morgan fingerprint density at radius 3 is 0.879 bits per heavy atom. The Balaban J connectivity index is 4.12. The molecular weight excluding hydrogens is 817 g/mol. The molecule has 0 aromatic heterocycles. The third-order valence-electron chi connectivity index (χ3n) is 12.6. The molecule has 0 aromatic rings. The first-order chi connectivity index (χ1) is 32.5. The highest BCUT2D eigenvalue weighted by Gasteiger charge is 2.19. The topological polar surface area (TPSA) is 78.9 Å². The van der Waals surface area contributed by atoms with Crippen LogP contribution in [0.4, 0.5) is 0 Å². The molecule has 0 aliphatic carbocycles. The van der Waals surface area contributed by atoms with E-state index in [2.05, 4.69) is 69.4 Å². The number of allylic oxidation sites excluding steroid dienone is 8. The summed E-state index contributed by atoms with van der Waals surface area (Å²) in [6.07, 6.45) is 66.9. The van der Waals surface area contributed by atoms with E-state index in [0.717, 1.165) is 77.0 Å². The fourth-order valence-electron chi connectivity index (χ4n) is 8.21. The SMILES string of the molecule is CCCCCC/C=C\CCCCCCCC(=O)OC(COC(=O)CCCCCCCCCC)COC(=O)CCCCCCCCCCCCCC/C=C\C/C=C\C/C=C\CCCCCCC. The molecule has 0 N–H and O–H groups in total. The largest absolute Gasteiger partial charge is 0.462 e. The van der Waals surface area contributed by atoms with Gasteiger partial charge in [0.25, 0.3) is 0 Å². The minimum Gasteiger partial charge on any atom is -0.462 e. The second kappa shape index (κ2) is 55.0. The standard InChI is InChI=1S/C60H108O6/c1-4-7-10-13-16-19-21-23-24-25-26-27-28-29-30-31-32-33-34-35-36-38-39-41-44-47-50-53-59(62)65-56-57(55-64-58(61)52-49-46-43-18-15-12-9-6-3)66-60(63)54-51-48-45-42-40-37-22-20-17-14-11-8-5-2/h20-23,25-26,28-29,57H,4-19,24,27,30-56H2,1-3H3/b22-20-,23-21-,26-25-,29-28-. The summed E-state index contributed by atoms with van der Waals surface area (Å²) >= 11 is 0. The van der Waals surface area contributed by atoms with Crippen molar-refractivity contribution in [2.45, 2.75) is 303 Å². The van der Waals surface area contributed by atoms with Crippen molar-refractivity contribution < 1.29 is 28.6 Å². The maximum Gasteiger partial charge on any atom is 0.306 e. The maximum absolute atomic E-state index is 12.8. The molecule has 1 unspecified atom stereocenters. The zero-order valence-corrected chi connectivity index (χ0v) is 44.0. The molecule has 0 bridgehead atoms. The fourth-order valence-corrected chi connectivity index (χ4v) is 8.21. The summed E-state index contributed by atoms with van der Waals surface area (Å²) in [5.74, 6) is -0.880. The zero-order valence-electron chi connectivity index (χ0n) is 44.0. The lowest BCUT2D eigenvalue weighted by Crippen LogP contribution is -2.30. The van der Waals surface area contributed by atoms with E-state index in [-0.39, 0.29) is 31.1 Å². The molecule has 0 amide bonds. The summed E-state index contributed by atoms with van der Waals surface area (Å²) < 4.78 is 16.8. The van der Waals surface area contributed by atoms with Gasteiger partial charge in [-0.15, -0.1) is 0 Å². The molecule has 0 fully saturated rings. The van der Waals surface area contributed by atoms with Gasteiger partial charge in [-0.2, -0.15) is 0 Å². The van der Waals surface area contributed by atoms with E-state index in [1.807, 2.05) is 0 Å². The van der Waals surface area contributed by atoms with Crippen LogP contribution >= 0.6 is 0 Å². The highest BCUT2D eigenvalue weighted by atomic mass is 16.6. The summed E-state index contributed by atoms with van der Waals surface area (Å²) in [4.78, 5) is 37.9. The van der Waals surface area contributed by atoms with Crippen LogP contribution < -0.4 is 0 Å². The molecule has 0 saturated heterocycles. The summed E-state index contributed by atoms with van der Waals surface area (Å²) in [7, 11) is 0. The monoisotopic (exact) mass is 925 g/mol. The normalized spacial score (nSPS) is 12.3. The molecule has 0 saturated carbocycles. The molecular formula is C60H108O6. The van der Waals surface area contributed by atoms with Gasteiger partial charge < -0.3 is 14.2 Å². The number of ether oxygens (including phenoxy) is 3. The third-order valence-corrected chi connectivity index (χ3v) is 12.6. The molecule has 0 aromatic carbocycles. The summed E-state index contributed by atoms with van der Waals surface area (Å²) in [6.45, 7) is 6.59. The molecule has 66 heavy (non-hydrogen) atoms. The first-order valence-electron chi connectivity index (χ1n) is 28.6. The Morgan fingerprint density at radius 1 is 0.303 bits per heavy atom. The average Bonchev–Trinajstić information content (AvgIpc) is 3.31. The number of rotatable bonds is 52. The molecule has 0 radical (unpaired) electrons. The van der Waals surface area contributed by atoms with Crippen molar-refractivity contribution in [3.63, 3.8) is 0 Å². The molecule has 6 nitrogen and oxygen atoms in total. The Kier molecular flexibility index (Phi) is 52.8. The highest BCUT2D eigenvalue weighted by Crippen LogP contribution is 2.16. The second-order valence-electron chi connectivity index (χ2n) is 19.2. The minimum atomic E-state index is -0.773. The Hall–Kier alpha value is -2.63. The van der Waals surface area contributed by atoms with Crippen LogP contribution in [0.15, 0.2) is 48.6 Å². The van der Waals surface area contributed by atoms with Crippen molar-refractivity contribution in [2.24, 2.45) is 0 Å². The molecule has 1 atom stereocenters. The molecule has 384 valence electrons. The van der Waals surface area contributed by atoms with Crippen LogP contribution in [0.3, 0.4) is 0 Å². The lowest BCUT2D eigenvalue weighted by atomic mass is 10.0. The van der Waals surface area contributed by atoms with Gasteiger partial charge in [0.2, 0.25) is 0 Å². The first-order valence-corrected chi connectivity index (χ1v) is 28.6. The van der Waals surface area contributed by atoms with Gasteiger partial charge in [0.15, 0.2) is 6.10 Å². The number of hydrogen-bond donors (Lipinski definition) is 0. The average molecular weight is 926 g/mol. The molecule has 0 rings (SSSR count). The van der Waals surface area contributed by atoms with Crippen LogP contribution in [-0.4, -0.2) is 37.2 Å². The van der Waals surface area contributed by atoms with Gasteiger partial charge in [-0.05, 0) is 83.5 Å². The lowest BCUT2D eigenvalue weighted by Gasteiger charge is -2.18. The quantitative estimate of drug-likeness (QED) is 0.0262. The van der Waals surface area contributed by atoms with Crippen molar-refractivity contribution in [3.8, 4) is 0 Å². The van der Waals surface area contributed by atoms with E-state index in [4.69, 9.17) is 14.2 Å². The van der Waals surface area contributed by atoms with Crippen molar-refractivity contribution in [1.82, 2.24) is 0 Å². The third kappa shape index (κ3) is 52.3. The first kappa shape index (κ1) is 63.4. The van der Waals surface area contributed by atoms with Gasteiger partial charge >= 0.3 is 17.9 Å². The summed E-state index contributed by atoms with van der Waals surface area (Å²) in [5, 5.41) is 0. The van der Waals surface area contributed by atoms with Gasteiger partial charge in [-0.1, -0.05) is 243 Å². The van der Waals surface area contributed by atoms with E-state index in [1.54, 1.807) is 0 Å². The van der Waals surface area contributed by atoms with Crippen molar-refractivity contribution >= 4 is 17.9 Å². The Labute approximate surface area is 409 Å². The number of hydrogen-bond acceptors (Lipinski definition) is 6. The lowest BCUT2D eigenvalue weighted by molar-refractivity contribution is -0.167. The van der Waals surface area contributed by atoms with E-state index in [1.165, 1.54) is 180 Å². The minimum absolute atomic E-state index is 0.0745. The molecule has 6 heteroatoms. The van der Waals surface area contributed by atoms with Crippen LogP contribution in [0.1, 0.15) is 297 Å². The second-order valence-corrected chi connectivity index (χ2v) is 19.2. The van der Waals surface area contributed by atoms with Gasteiger partial charge in [0.1, 0.15) is 13.2 Å². The molecule has 0 spiro atoms. The van der Waals surface area contributed by atoms with Crippen molar-refractivity contribution in [2.75, 3.05) is 13.2 Å². The molecule has 0 heterocycles. The van der Waals surface area contributed by atoms with Crippen molar-refractivity contribution in [1.29, 1.82) is 0 Å². The number of carbonyl (C=O) groups excluding carboxylic acids is 3. The number of unbranched alkanes of at least 4 members (excludes halogenated alkanes) is 33. The van der Waals surface area contributed by atoms with E-state index in [0.29, 0.717) is 19.3 Å². The van der Waals surface area contributed by atoms with Crippen LogP contribution in [0.25, 0.3) is 0 Å². The zero-order chi connectivity index (χ0) is 47.9. The predicted molar refractivity (Wildman–Crippen MR) is 284 cm³/mol. The van der Waals surface area contributed by atoms with Crippen LogP contribution in [0.5, 0.6) is 0 Å². The van der Waals surface area contributed by atoms with Gasteiger partial charge in [-0.3, -0.25) is 14.4 Å². The number of esters is 3. The highest BCUT2D eigenvalue weighted by molar-refractivity contribution is 5.71. The van der Waals surface area contributed by atoms with E-state index < -0.39 is 6.10 Å². The molecule has 0 aliphatic heterocycles. The van der Waals surface area contributed by atoms with E-state index >= 15 is 0 Å². The van der Waals surface area contributed by atoms with Crippen LogP contribution in [0, 0.1) is 0 Å². The Morgan fingerprint density at radius 2 is 0.545 bits per heavy atom. The van der Waals surface area contributed by atoms with Gasteiger partial charge in [0, 0.05) is 19.3 Å². The summed E-state index contributed by atoms with van der Waals surface area (Å²) in [5.41, 5.74) is 0. The fraction of sp³-hybridized carbons (Fsp3) is 0.817. The van der Waals surface area contributed by atoms with Gasteiger partial charge in [-0.25, -0.2) is 0 Å². The maximum atomic E-state index is 12.8. The smallest absolute Gasteiger partial charge is 0.306 e. The van der Waals surface area contributed by atoms with Crippen LogP contribution in [-0.2, 0) is 28.6 Å². The van der Waals surface area contributed by atoms with Crippen LogP contribution in [0.2, 0.25) is 0 Å². The van der Waals surface area contributed by atoms with Gasteiger partial charge in [0.05, 0.1) is 0 Å². The predicted octanol–water partition coefficient (Wildman–Crippen LogP) is 19.0. The summed E-state index contributed by atoms with van der Waals surface area (Å²) in [6, 6.07) is 0. The van der Waals surface area contributed by atoms with Crippen molar-refractivity contribution in [3.05, 3.63) is 48.6 Å².